The summed E-state index contributed by atoms with van der Waals surface area (Å²) >= 11 is 6.31. The van der Waals surface area contributed by atoms with E-state index in [2.05, 4.69) is 4.98 Å². The van der Waals surface area contributed by atoms with E-state index in [0.29, 0.717) is 38.8 Å². The van der Waals surface area contributed by atoms with E-state index in [1.807, 2.05) is 31.2 Å². The van der Waals surface area contributed by atoms with Gasteiger partial charge >= 0.3 is 0 Å². The third kappa shape index (κ3) is 3.55. The van der Waals surface area contributed by atoms with Crippen molar-refractivity contribution >= 4 is 34.7 Å². The fraction of sp³-hybridized carbons (Fsp3) is 0.0833. The highest BCUT2D eigenvalue weighted by atomic mass is 35.5. The fourth-order valence-electron chi connectivity index (χ4n) is 3.23. The number of hydrogen-bond donors (Lipinski definition) is 1. The molecule has 0 aliphatic heterocycles. The molecule has 1 aromatic heterocycles. The second kappa shape index (κ2) is 8.05. The van der Waals surface area contributed by atoms with Gasteiger partial charge in [-0.1, -0.05) is 41.9 Å². The largest absolute Gasteiger partial charge is 0.504 e. The number of rotatable bonds is 4. The first kappa shape index (κ1) is 19.7. The van der Waals surface area contributed by atoms with Crippen LogP contribution in [-0.2, 0) is 0 Å². The Morgan fingerprint density at radius 3 is 2.63 bits per heavy atom. The minimum Gasteiger partial charge on any atom is -0.504 e. The van der Waals surface area contributed by atoms with Crippen molar-refractivity contribution in [3.8, 4) is 17.2 Å². The van der Waals surface area contributed by atoms with E-state index < -0.39 is 0 Å². The molecule has 0 bridgehead atoms. The van der Waals surface area contributed by atoms with Crippen molar-refractivity contribution in [2.24, 2.45) is 0 Å². The van der Waals surface area contributed by atoms with Gasteiger partial charge in [0.05, 0.1) is 23.7 Å². The normalized spacial score (nSPS) is 11.3. The van der Waals surface area contributed by atoms with Gasteiger partial charge in [-0.2, -0.15) is 0 Å². The summed E-state index contributed by atoms with van der Waals surface area (Å²) in [5.74, 6) is 0.802. The minimum absolute atomic E-state index is 0.0179. The van der Waals surface area contributed by atoms with Gasteiger partial charge in [-0.3, -0.25) is 9.36 Å². The third-order valence-corrected chi connectivity index (χ3v) is 5.28. The molecule has 30 heavy (non-hydrogen) atoms. The highest BCUT2D eigenvalue weighted by Crippen LogP contribution is 2.30. The van der Waals surface area contributed by atoms with Gasteiger partial charge in [0.25, 0.3) is 5.56 Å². The van der Waals surface area contributed by atoms with Gasteiger partial charge in [0.1, 0.15) is 5.82 Å². The van der Waals surface area contributed by atoms with Crippen molar-refractivity contribution in [1.82, 2.24) is 9.55 Å². The fourth-order valence-corrected chi connectivity index (χ4v) is 3.41. The zero-order valence-corrected chi connectivity index (χ0v) is 17.2. The monoisotopic (exact) mass is 418 g/mol. The van der Waals surface area contributed by atoms with Crippen LogP contribution in [0.25, 0.3) is 28.7 Å². The van der Waals surface area contributed by atoms with Gasteiger partial charge in [-0.25, -0.2) is 4.98 Å². The summed E-state index contributed by atoms with van der Waals surface area (Å²) in [6.45, 7) is 1.90. The number of nitrogens with zero attached hydrogens (tertiary/aromatic N) is 2. The summed E-state index contributed by atoms with van der Waals surface area (Å²) in [5, 5.41) is 11.4. The number of phenolic OH excluding ortho intramolecular Hbond substituents is 1. The van der Waals surface area contributed by atoms with Gasteiger partial charge in [0.15, 0.2) is 11.5 Å². The van der Waals surface area contributed by atoms with Crippen LogP contribution in [-0.4, -0.2) is 21.8 Å². The number of halogens is 1. The molecule has 1 N–H and O–H groups in total. The van der Waals surface area contributed by atoms with Crippen molar-refractivity contribution in [3.63, 3.8) is 0 Å². The number of aryl methyl sites for hydroxylation is 1. The van der Waals surface area contributed by atoms with Crippen molar-refractivity contribution in [1.29, 1.82) is 0 Å². The molecule has 3 aromatic carbocycles. The molecule has 4 rings (SSSR count). The molecule has 0 atom stereocenters. The van der Waals surface area contributed by atoms with Crippen LogP contribution in [0.4, 0.5) is 0 Å². The summed E-state index contributed by atoms with van der Waals surface area (Å²) in [4.78, 5) is 18.0. The van der Waals surface area contributed by atoms with Gasteiger partial charge in [0.2, 0.25) is 0 Å². The van der Waals surface area contributed by atoms with E-state index in [9.17, 15) is 9.90 Å². The quantitative estimate of drug-likeness (QED) is 0.492. The molecular formula is C24H19ClN2O3. The highest BCUT2D eigenvalue weighted by molar-refractivity contribution is 6.31. The Hall–Kier alpha value is -3.57. The zero-order valence-electron chi connectivity index (χ0n) is 16.5. The number of aromatic hydroxyl groups is 1. The zero-order chi connectivity index (χ0) is 21.3. The second-order valence-electron chi connectivity index (χ2n) is 6.79. The van der Waals surface area contributed by atoms with Crippen molar-refractivity contribution in [2.75, 3.05) is 7.11 Å². The Bertz CT molecular complexity index is 1340. The summed E-state index contributed by atoms with van der Waals surface area (Å²) in [7, 11) is 1.49. The Balaban J connectivity index is 1.94. The van der Waals surface area contributed by atoms with Crippen molar-refractivity contribution in [2.45, 2.75) is 6.92 Å². The van der Waals surface area contributed by atoms with Gasteiger partial charge in [0, 0.05) is 10.6 Å². The molecule has 0 fully saturated rings. The molecule has 1 heterocycles. The molecular weight excluding hydrogens is 400 g/mol. The van der Waals surface area contributed by atoms with Crippen molar-refractivity contribution in [3.05, 3.63) is 93.0 Å². The molecule has 4 aromatic rings. The molecule has 0 unspecified atom stereocenters. The van der Waals surface area contributed by atoms with E-state index in [-0.39, 0.29) is 11.3 Å². The Kier molecular flexibility index (Phi) is 5.29. The Morgan fingerprint density at radius 1 is 1.07 bits per heavy atom. The van der Waals surface area contributed by atoms with E-state index >= 15 is 0 Å². The summed E-state index contributed by atoms with van der Waals surface area (Å²) in [5.41, 5.74) is 2.47. The van der Waals surface area contributed by atoms with Crippen molar-refractivity contribution < 1.29 is 9.84 Å². The van der Waals surface area contributed by atoms with Crippen LogP contribution in [0.1, 0.15) is 17.0 Å². The topological polar surface area (TPSA) is 64.3 Å². The second-order valence-corrected chi connectivity index (χ2v) is 7.20. The first-order valence-electron chi connectivity index (χ1n) is 9.32. The lowest BCUT2D eigenvalue weighted by Gasteiger charge is -2.12. The molecule has 5 nitrogen and oxygen atoms in total. The predicted molar refractivity (Wildman–Crippen MR) is 121 cm³/mol. The third-order valence-electron chi connectivity index (χ3n) is 4.88. The molecule has 0 saturated heterocycles. The molecule has 0 saturated carbocycles. The lowest BCUT2D eigenvalue weighted by molar-refractivity contribution is 0.373. The minimum atomic E-state index is -0.199. The van der Waals surface area contributed by atoms with E-state index in [1.165, 1.54) is 11.7 Å². The Morgan fingerprint density at radius 2 is 1.87 bits per heavy atom. The standard InChI is InChI=1S/C24H19ClN2O3/c1-15-10-12-17(14-19(15)25)27-22(26-20-8-4-3-7-18(20)24(27)29)13-11-16-6-5-9-21(30-2)23(16)28/h3-14,28H,1-2H3/b13-11+. The molecule has 0 radical (unpaired) electrons. The number of ether oxygens (including phenoxy) is 1. The number of benzene rings is 3. The maximum atomic E-state index is 13.3. The maximum Gasteiger partial charge on any atom is 0.266 e. The van der Waals surface area contributed by atoms with Crippen LogP contribution >= 0.6 is 11.6 Å². The van der Waals surface area contributed by atoms with E-state index in [4.69, 9.17) is 16.3 Å². The number of para-hydroxylation sites is 2. The van der Waals surface area contributed by atoms with Crippen LogP contribution in [0.2, 0.25) is 5.02 Å². The SMILES string of the molecule is COc1cccc(/C=C/c2nc3ccccc3c(=O)n2-c2ccc(C)c(Cl)c2)c1O. The average Bonchev–Trinajstić information content (AvgIpc) is 2.75. The first-order valence-corrected chi connectivity index (χ1v) is 9.70. The Labute approximate surface area is 178 Å². The number of methoxy groups -OCH3 is 1. The molecule has 150 valence electrons. The molecule has 0 aliphatic rings. The average molecular weight is 419 g/mol. The van der Waals surface area contributed by atoms with Crippen LogP contribution < -0.4 is 10.3 Å². The van der Waals surface area contributed by atoms with Crippen LogP contribution in [0.3, 0.4) is 0 Å². The molecule has 0 amide bonds. The number of fused-ring (bicyclic) bond motifs is 1. The van der Waals surface area contributed by atoms with Gasteiger partial charge in [-0.05, 0) is 55.0 Å². The molecule has 6 heteroatoms. The lowest BCUT2D eigenvalue weighted by Crippen LogP contribution is -2.22. The van der Waals surface area contributed by atoms with Crippen LogP contribution in [0.5, 0.6) is 11.5 Å². The lowest BCUT2D eigenvalue weighted by atomic mass is 10.1. The van der Waals surface area contributed by atoms with Crippen LogP contribution in [0, 0.1) is 6.92 Å². The molecule has 0 spiro atoms. The molecule has 0 aliphatic carbocycles. The highest BCUT2D eigenvalue weighted by Gasteiger charge is 2.12. The van der Waals surface area contributed by atoms with Gasteiger partial charge < -0.3 is 9.84 Å². The number of aromatic nitrogens is 2. The first-order chi connectivity index (χ1) is 14.5. The summed E-state index contributed by atoms with van der Waals surface area (Å²) < 4.78 is 6.68. The number of phenols is 1. The maximum absolute atomic E-state index is 13.3. The van der Waals surface area contributed by atoms with E-state index in [1.54, 1.807) is 48.6 Å². The summed E-state index contributed by atoms with van der Waals surface area (Å²) in [6.07, 6.45) is 3.39. The smallest absolute Gasteiger partial charge is 0.266 e. The van der Waals surface area contributed by atoms with E-state index in [0.717, 1.165) is 5.56 Å². The number of hydrogen-bond acceptors (Lipinski definition) is 4. The summed E-state index contributed by atoms with van der Waals surface area (Å²) in [6, 6.07) is 17.8. The van der Waals surface area contributed by atoms with Gasteiger partial charge in [-0.15, -0.1) is 0 Å². The van der Waals surface area contributed by atoms with Crippen LogP contribution in [0.15, 0.2) is 65.5 Å². The predicted octanol–water partition coefficient (Wildman–Crippen LogP) is 5.23.